The van der Waals surface area contributed by atoms with Gasteiger partial charge >= 0.3 is 0 Å². The highest BCUT2D eigenvalue weighted by Crippen LogP contribution is 2.43. The Bertz CT molecular complexity index is 1050. The second-order valence-corrected chi connectivity index (χ2v) is 7.73. The van der Waals surface area contributed by atoms with Crippen LogP contribution in [0, 0.1) is 0 Å². The molecule has 8 N–H and O–H groups in total. The number of ketones is 1. The lowest BCUT2D eigenvalue weighted by Gasteiger charge is -2.39. The Hall–Kier alpha value is -3.13. The third kappa shape index (κ3) is 4.04. The number of benzene rings is 2. The third-order valence-electron chi connectivity index (χ3n) is 5.53. The van der Waals surface area contributed by atoms with Gasteiger partial charge in [-0.15, -0.1) is 0 Å². The van der Waals surface area contributed by atoms with E-state index in [1.54, 1.807) is 0 Å². The molecule has 1 saturated heterocycles. The largest absolute Gasteiger partial charge is 0.508 e. The second-order valence-electron chi connectivity index (χ2n) is 7.73. The van der Waals surface area contributed by atoms with E-state index in [1.165, 1.54) is 12.1 Å². The van der Waals surface area contributed by atoms with Crippen LogP contribution in [0.15, 0.2) is 30.3 Å². The molecule has 0 aromatic heterocycles. The Labute approximate surface area is 186 Å². The van der Waals surface area contributed by atoms with Gasteiger partial charge in [0.15, 0.2) is 23.7 Å². The molecule has 12 nitrogen and oxygen atoms in total. The molecule has 1 fully saturated rings. The van der Waals surface area contributed by atoms with Crippen LogP contribution in [0.3, 0.4) is 0 Å². The normalized spacial score (nSPS) is 31.5. The van der Waals surface area contributed by atoms with Gasteiger partial charge in [0.05, 0.1) is 6.61 Å². The zero-order valence-electron chi connectivity index (χ0n) is 16.8. The SMILES string of the molecule is O=C1c2c(O)cc(O)cc2O[C@@H](c2ccc(O)c(O[C@@H]3O[C@H](CO)[C@@H](O)[C@H](O)[C@H]3O)c2)[C@H]1O. The molecule has 0 saturated carbocycles. The molecule has 0 bridgehead atoms. The first-order valence-electron chi connectivity index (χ1n) is 9.87. The Morgan fingerprint density at radius 3 is 2.33 bits per heavy atom. The van der Waals surface area contributed by atoms with Crippen LogP contribution in [0.25, 0.3) is 0 Å². The van der Waals surface area contributed by atoms with E-state index < -0.39 is 66.8 Å². The van der Waals surface area contributed by atoms with Gasteiger partial charge < -0.3 is 55.1 Å². The smallest absolute Gasteiger partial charge is 0.229 e. The fraction of sp³-hybridized carbons (Fsp3) is 0.381. The molecule has 0 aliphatic carbocycles. The molecule has 2 aromatic rings. The minimum Gasteiger partial charge on any atom is -0.508 e. The fourth-order valence-electron chi connectivity index (χ4n) is 3.76. The number of carbonyl (C=O) groups excluding carboxylic acids is 1. The third-order valence-corrected chi connectivity index (χ3v) is 5.53. The molecule has 0 radical (unpaired) electrons. The van der Waals surface area contributed by atoms with Crippen molar-refractivity contribution in [1.82, 2.24) is 0 Å². The minimum atomic E-state index is -1.75. The summed E-state index contributed by atoms with van der Waals surface area (Å²) in [5, 5.41) is 79.5. The van der Waals surface area contributed by atoms with E-state index in [4.69, 9.17) is 14.2 Å². The summed E-state index contributed by atoms with van der Waals surface area (Å²) in [5.74, 6) is -2.68. The van der Waals surface area contributed by atoms with Crippen molar-refractivity contribution in [2.24, 2.45) is 0 Å². The first-order chi connectivity index (χ1) is 15.6. The van der Waals surface area contributed by atoms with Crippen LogP contribution in [0.4, 0.5) is 0 Å². The molecule has 0 spiro atoms. The minimum absolute atomic E-state index is 0.140. The zero-order chi connectivity index (χ0) is 24.0. The summed E-state index contributed by atoms with van der Waals surface area (Å²) in [6.45, 7) is -0.680. The number of aliphatic hydroxyl groups is 5. The number of carbonyl (C=O) groups is 1. The number of ether oxygens (including phenoxy) is 3. The van der Waals surface area contributed by atoms with Crippen LogP contribution in [0.5, 0.6) is 28.7 Å². The number of rotatable bonds is 4. The number of fused-ring (bicyclic) bond motifs is 1. The number of phenols is 3. The summed E-state index contributed by atoms with van der Waals surface area (Å²) >= 11 is 0. The predicted octanol–water partition coefficient (Wildman–Crippen LogP) is -1.34. The topological polar surface area (TPSA) is 207 Å². The molecule has 33 heavy (non-hydrogen) atoms. The Balaban J connectivity index is 1.63. The molecule has 7 atom stereocenters. The number of aliphatic hydroxyl groups excluding tert-OH is 5. The van der Waals surface area contributed by atoms with E-state index in [-0.39, 0.29) is 28.4 Å². The molecule has 2 heterocycles. The summed E-state index contributed by atoms with van der Waals surface area (Å²) in [6.07, 6.45) is -10.9. The van der Waals surface area contributed by atoms with Gasteiger partial charge in [-0.25, -0.2) is 0 Å². The molecule has 2 aliphatic heterocycles. The number of hydrogen-bond acceptors (Lipinski definition) is 12. The average molecular weight is 466 g/mol. The quantitative estimate of drug-likeness (QED) is 0.263. The lowest BCUT2D eigenvalue weighted by Crippen LogP contribution is -2.60. The number of hydrogen-bond donors (Lipinski definition) is 8. The molecule has 0 unspecified atom stereocenters. The molecule has 0 amide bonds. The van der Waals surface area contributed by atoms with Crippen molar-refractivity contribution in [2.75, 3.05) is 6.61 Å². The van der Waals surface area contributed by atoms with Gasteiger partial charge in [-0.2, -0.15) is 0 Å². The fourth-order valence-corrected chi connectivity index (χ4v) is 3.76. The molecule has 2 aromatic carbocycles. The van der Waals surface area contributed by atoms with Crippen molar-refractivity contribution in [3.63, 3.8) is 0 Å². The molecule has 2 aliphatic rings. The number of phenolic OH excluding ortho intramolecular Hbond substituents is 3. The highest BCUT2D eigenvalue weighted by Gasteiger charge is 2.45. The van der Waals surface area contributed by atoms with Crippen molar-refractivity contribution in [3.8, 4) is 28.7 Å². The first kappa shape index (κ1) is 23.0. The maximum Gasteiger partial charge on any atom is 0.229 e. The van der Waals surface area contributed by atoms with Crippen LogP contribution in [0.1, 0.15) is 22.0 Å². The summed E-state index contributed by atoms with van der Waals surface area (Å²) in [5.41, 5.74) is -0.158. The van der Waals surface area contributed by atoms with Gasteiger partial charge in [-0.3, -0.25) is 4.79 Å². The van der Waals surface area contributed by atoms with Crippen molar-refractivity contribution in [1.29, 1.82) is 0 Å². The number of aromatic hydroxyl groups is 3. The first-order valence-corrected chi connectivity index (χ1v) is 9.87. The van der Waals surface area contributed by atoms with E-state index in [0.29, 0.717) is 0 Å². The van der Waals surface area contributed by atoms with E-state index in [2.05, 4.69) is 0 Å². The van der Waals surface area contributed by atoms with Crippen molar-refractivity contribution in [2.45, 2.75) is 42.9 Å². The van der Waals surface area contributed by atoms with Crippen LogP contribution >= 0.6 is 0 Å². The highest BCUT2D eigenvalue weighted by atomic mass is 16.7. The molecular formula is C21H22O12. The average Bonchev–Trinajstić information content (AvgIpc) is 2.77. The highest BCUT2D eigenvalue weighted by molar-refractivity contribution is 6.05. The van der Waals surface area contributed by atoms with E-state index in [9.17, 15) is 45.6 Å². The van der Waals surface area contributed by atoms with Crippen LogP contribution < -0.4 is 9.47 Å². The van der Waals surface area contributed by atoms with Crippen LogP contribution in [-0.4, -0.2) is 90.1 Å². The maximum absolute atomic E-state index is 12.6. The van der Waals surface area contributed by atoms with Crippen LogP contribution in [0.2, 0.25) is 0 Å². The monoisotopic (exact) mass is 466 g/mol. The van der Waals surface area contributed by atoms with Gasteiger partial charge in [-0.05, 0) is 17.7 Å². The van der Waals surface area contributed by atoms with Gasteiger partial charge in [0.25, 0.3) is 0 Å². The van der Waals surface area contributed by atoms with Crippen molar-refractivity contribution < 1.29 is 59.9 Å². The number of Topliss-reactive ketones (excluding diaryl/α,β-unsaturated/α-hetero) is 1. The summed E-state index contributed by atoms with van der Waals surface area (Å²) in [6, 6.07) is 5.69. The lowest BCUT2D eigenvalue weighted by atomic mass is 9.92. The Kier molecular flexibility index (Phi) is 6.05. The second kappa shape index (κ2) is 8.67. The summed E-state index contributed by atoms with van der Waals surface area (Å²) < 4.78 is 16.3. The zero-order valence-corrected chi connectivity index (χ0v) is 16.8. The van der Waals surface area contributed by atoms with E-state index in [1.807, 2.05) is 0 Å². The van der Waals surface area contributed by atoms with Crippen LogP contribution in [-0.2, 0) is 4.74 Å². The van der Waals surface area contributed by atoms with Gasteiger partial charge in [0, 0.05) is 12.1 Å². The molecular weight excluding hydrogens is 444 g/mol. The van der Waals surface area contributed by atoms with E-state index >= 15 is 0 Å². The van der Waals surface area contributed by atoms with Gasteiger partial charge in [0.2, 0.25) is 12.1 Å². The lowest BCUT2D eigenvalue weighted by molar-refractivity contribution is -0.277. The van der Waals surface area contributed by atoms with Crippen molar-refractivity contribution in [3.05, 3.63) is 41.5 Å². The van der Waals surface area contributed by atoms with Gasteiger partial charge in [0.1, 0.15) is 47.2 Å². The Morgan fingerprint density at radius 1 is 0.909 bits per heavy atom. The summed E-state index contributed by atoms with van der Waals surface area (Å²) in [4.78, 5) is 12.6. The predicted molar refractivity (Wildman–Crippen MR) is 106 cm³/mol. The summed E-state index contributed by atoms with van der Waals surface area (Å²) in [7, 11) is 0. The van der Waals surface area contributed by atoms with Crippen molar-refractivity contribution >= 4 is 5.78 Å². The standard InChI is InChI=1S/C21H22O12/c22-6-13-15(26)17(28)19(30)21(33-13)32-11-3-7(1-2-9(11)24)20-18(29)16(27)14-10(25)4-8(23)5-12(14)31-20/h1-5,13,15,17-26,28-30H,6H2/t13-,15-,17+,18+,19-,20+,21-/m1/s1. The Morgan fingerprint density at radius 2 is 1.64 bits per heavy atom. The van der Waals surface area contributed by atoms with E-state index in [0.717, 1.165) is 18.2 Å². The molecule has 178 valence electrons. The molecule has 4 rings (SSSR count). The maximum atomic E-state index is 12.6. The van der Waals surface area contributed by atoms with Gasteiger partial charge in [-0.1, -0.05) is 6.07 Å². The molecule has 12 heteroatoms.